The zero-order valence-corrected chi connectivity index (χ0v) is 23.9. The Morgan fingerprint density at radius 2 is 0.722 bits per heavy atom. The number of hydrogen-bond donors (Lipinski definition) is 0. The molecule has 0 unspecified atom stereocenters. The number of esters is 1. The summed E-state index contributed by atoms with van der Waals surface area (Å²) in [6.07, 6.45) is 0. The van der Waals surface area contributed by atoms with Crippen LogP contribution in [0.25, 0.3) is 0 Å². The molecule has 0 aliphatic rings. The van der Waals surface area contributed by atoms with Gasteiger partial charge >= 0.3 is 5.97 Å². The molecule has 0 atom stereocenters. The molecule has 12 heteroatoms. The number of carbonyl (C=O) groups excluding carboxylic acids is 1. The average molecular weight is 592 g/mol. The molecule has 0 aliphatic heterocycles. The number of alkyl halides is 1. The van der Waals surface area contributed by atoms with Crippen molar-refractivity contribution >= 4 is 21.9 Å². The average Bonchev–Trinajstić information content (AvgIpc) is 2.82. The summed E-state index contributed by atoms with van der Waals surface area (Å²) in [7, 11) is 0. The number of hydrogen-bond acceptors (Lipinski definition) is 11. The first-order chi connectivity index (χ1) is 17.5. The maximum absolute atomic E-state index is 11.5. The van der Waals surface area contributed by atoms with Crippen molar-refractivity contribution in [2.45, 2.75) is 26.4 Å². The minimum absolute atomic E-state index is 0.0775. The van der Waals surface area contributed by atoms with E-state index in [4.69, 9.17) is 47.4 Å². The second-order valence-electron chi connectivity index (χ2n) is 8.23. The third-order valence-electron chi connectivity index (χ3n) is 3.84. The van der Waals surface area contributed by atoms with Crippen molar-refractivity contribution in [1.82, 2.24) is 0 Å². The van der Waals surface area contributed by atoms with Crippen molar-refractivity contribution in [3.05, 3.63) is 0 Å². The Balaban J connectivity index is 3.09. The summed E-state index contributed by atoms with van der Waals surface area (Å²) in [5, 5.41) is 0.836. The van der Waals surface area contributed by atoms with E-state index in [9.17, 15) is 4.79 Å². The van der Waals surface area contributed by atoms with Gasteiger partial charge < -0.3 is 47.4 Å². The van der Waals surface area contributed by atoms with Gasteiger partial charge in [-0.1, -0.05) is 15.9 Å². The van der Waals surface area contributed by atoms with Crippen LogP contribution in [0.3, 0.4) is 0 Å². The van der Waals surface area contributed by atoms with E-state index in [1.54, 1.807) is 0 Å². The molecule has 0 amide bonds. The standard InChI is InChI=1S/C24H47BrO11/c1-24(2,3)36-23(26)22-35-21-20-34-19-18-33-17-16-32-15-14-31-13-12-30-11-10-29-9-8-28-7-6-27-5-4-25/h4-22H2,1-3H3. The maximum atomic E-state index is 11.5. The van der Waals surface area contributed by atoms with Crippen LogP contribution < -0.4 is 0 Å². The fourth-order valence-electron chi connectivity index (χ4n) is 2.34. The molecular weight excluding hydrogens is 544 g/mol. The summed E-state index contributed by atoms with van der Waals surface area (Å²) >= 11 is 3.29. The van der Waals surface area contributed by atoms with Gasteiger partial charge in [0.25, 0.3) is 0 Å². The molecule has 216 valence electrons. The summed E-state index contributed by atoms with van der Waals surface area (Å²) in [6.45, 7) is 14.0. The van der Waals surface area contributed by atoms with Gasteiger partial charge in [0.15, 0.2) is 0 Å². The van der Waals surface area contributed by atoms with Crippen LogP contribution in [-0.2, 0) is 52.2 Å². The Bertz CT molecular complexity index is 464. The van der Waals surface area contributed by atoms with Gasteiger partial charge in [-0.2, -0.15) is 0 Å². The lowest BCUT2D eigenvalue weighted by Gasteiger charge is -2.19. The monoisotopic (exact) mass is 590 g/mol. The second kappa shape index (κ2) is 27.6. The summed E-state index contributed by atoms with van der Waals surface area (Å²) < 4.78 is 53.5. The normalized spacial score (nSPS) is 11.8. The SMILES string of the molecule is CC(C)(C)OC(=O)COCCOCCOCCOCCOCCOCCOCCOCCOCCBr. The maximum Gasteiger partial charge on any atom is 0.332 e. The van der Waals surface area contributed by atoms with E-state index in [1.165, 1.54) is 0 Å². The smallest absolute Gasteiger partial charge is 0.332 e. The van der Waals surface area contributed by atoms with Gasteiger partial charge in [0.05, 0.1) is 112 Å². The lowest BCUT2D eigenvalue weighted by Crippen LogP contribution is -2.27. The molecule has 0 radical (unpaired) electrons. The molecule has 0 spiro atoms. The lowest BCUT2D eigenvalue weighted by molar-refractivity contribution is -0.160. The van der Waals surface area contributed by atoms with Crippen molar-refractivity contribution in [2.75, 3.05) is 124 Å². The van der Waals surface area contributed by atoms with Crippen molar-refractivity contribution in [1.29, 1.82) is 0 Å². The predicted molar refractivity (Wildman–Crippen MR) is 137 cm³/mol. The highest BCUT2D eigenvalue weighted by atomic mass is 79.9. The van der Waals surface area contributed by atoms with Gasteiger partial charge in [0.1, 0.15) is 12.2 Å². The van der Waals surface area contributed by atoms with Crippen LogP contribution in [0.1, 0.15) is 20.8 Å². The number of carbonyl (C=O) groups is 1. The largest absolute Gasteiger partial charge is 0.458 e. The minimum Gasteiger partial charge on any atom is -0.458 e. The van der Waals surface area contributed by atoms with Gasteiger partial charge in [0, 0.05) is 5.33 Å². The van der Waals surface area contributed by atoms with Crippen molar-refractivity contribution in [3.63, 3.8) is 0 Å². The van der Waals surface area contributed by atoms with Gasteiger partial charge in [0.2, 0.25) is 0 Å². The molecule has 0 bridgehead atoms. The van der Waals surface area contributed by atoms with Crippen LogP contribution >= 0.6 is 15.9 Å². The fourth-order valence-corrected chi connectivity index (χ4v) is 2.57. The molecule has 0 aromatic heterocycles. The summed E-state index contributed by atoms with van der Waals surface area (Å²) in [5.41, 5.74) is -0.504. The molecule has 0 saturated carbocycles. The third-order valence-corrected chi connectivity index (χ3v) is 4.16. The minimum atomic E-state index is -0.504. The molecule has 0 aromatic carbocycles. The van der Waals surface area contributed by atoms with Crippen LogP contribution in [0.4, 0.5) is 0 Å². The van der Waals surface area contributed by atoms with E-state index in [0.29, 0.717) is 112 Å². The van der Waals surface area contributed by atoms with E-state index in [1.807, 2.05) is 20.8 Å². The number of halogens is 1. The summed E-state index contributed by atoms with van der Waals surface area (Å²) in [6, 6.07) is 0. The zero-order valence-electron chi connectivity index (χ0n) is 22.3. The first-order valence-corrected chi connectivity index (χ1v) is 13.6. The van der Waals surface area contributed by atoms with Crippen LogP contribution in [0.2, 0.25) is 0 Å². The molecule has 0 heterocycles. The Kier molecular flexibility index (Phi) is 27.3. The summed E-state index contributed by atoms with van der Waals surface area (Å²) in [4.78, 5) is 11.5. The van der Waals surface area contributed by atoms with Gasteiger partial charge in [-0.3, -0.25) is 0 Å². The van der Waals surface area contributed by atoms with E-state index < -0.39 is 5.60 Å². The van der Waals surface area contributed by atoms with Crippen LogP contribution in [0.5, 0.6) is 0 Å². The fraction of sp³-hybridized carbons (Fsp3) is 0.958. The molecule has 0 rings (SSSR count). The molecule has 11 nitrogen and oxygen atoms in total. The highest BCUT2D eigenvalue weighted by Crippen LogP contribution is 2.06. The molecule has 0 aromatic rings. The number of rotatable bonds is 28. The molecular formula is C24H47BrO11. The number of ether oxygens (including phenoxy) is 10. The predicted octanol–water partition coefficient (Wildman–Crippen LogP) is 1.87. The summed E-state index contributed by atoms with van der Waals surface area (Å²) in [5.74, 6) is -0.383. The quantitative estimate of drug-likeness (QED) is 0.0756. The van der Waals surface area contributed by atoms with Gasteiger partial charge in [-0.05, 0) is 20.8 Å². The zero-order chi connectivity index (χ0) is 26.6. The first kappa shape index (κ1) is 35.6. The Morgan fingerprint density at radius 3 is 0.972 bits per heavy atom. The first-order valence-electron chi connectivity index (χ1n) is 12.4. The van der Waals surface area contributed by atoms with Gasteiger partial charge in [-0.25, -0.2) is 4.79 Å². The van der Waals surface area contributed by atoms with Crippen LogP contribution in [0.15, 0.2) is 0 Å². The third kappa shape index (κ3) is 31.6. The van der Waals surface area contributed by atoms with E-state index in [0.717, 1.165) is 5.33 Å². The van der Waals surface area contributed by atoms with E-state index in [2.05, 4.69) is 15.9 Å². The van der Waals surface area contributed by atoms with Crippen molar-refractivity contribution in [2.24, 2.45) is 0 Å². The molecule has 0 fully saturated rings. The van der Waals surface area contributed by atoms with Crippen molar-refractivity contribution in [3.8, 4) is 0 Å². The Morgan fingerprint density at radius 1 is 0.472 bits per heavy atom. The van der Waals surface area contributed by atoms with E-state index >= 15 is 0 Å². The van der Waals surface area contributed by atoms with Crippen LogP contribution in [0, 0.1) is 0 Å². The van der Waals surface area contributed by atoms with E-state index in [-0.39, 0.29) is 12.6 Å². The molecule has 36 heavy (non-hydrogen) atoms. The molecule has 0 aliphatic carbocycles. The van der Waals surface area contributed by atoms with Crippen LogP contribution in [-0.4, -0.2) is 136 Å². The Labute approximate surface area is 224 Å². The molecule has 0 saturated heterocycles. The highest BCUT2D eigenvalue weighted by Gasteiger charge is 2.15. The Hall–Kier alpha value is -0.410. The highest BCUT2D eigenvalue weighted by molar-refractivity contribution is 9.09. The lowest BCUT2D eigenvalue weighted by atomic mass is 10.2. The van der Waals surface area contributed by atoms with Gasteiger partial charge in [-0.15, -0.1) is 0 Å². The molecule has 0 N–H and O–H groups in total. The topological polar surface area (TPSA) is 109 Å². The second-order valence-corrected chi connectivity index (χ2v) is 9.02. The van der Waals surface area contributed by atoms with Crippen molar-refractivity contribution < 1.29 is 52.2 Å².